The summed E-state index contributed by atoms with van der Waals surface area (Å²) in [5.41, 5.74) is 6.15. The highest BCUT2D eigenvalue weighted by Gasteiger charge is 2.40. The normalized spacial score (nSPS) is 16.8. The first-order chi connectivity index (χ1) is 14.5. The average Bonchev–Trinajstić information content (AvgIpc) is 2.68. The third kappa shape index (κ3) is 5.37. The molecule has 1 saturated heterocycles. The highest BCUT2D eigenvalue weighted by atomic mass is 35.5. The number of carbonyl (C=O) groups excluding carboxylic acids is 1. The largest absolute Gasteiger partial charge is 0.493 e. The fourth-order valence-corrected chi connectivity index (χ4v) is 5.69. The van der Waals surface area contributed by atoms with E-state index in [0.29, 0.717) is 29.2 Å². The van der Waals surface area contributed by atoms with Crippen LogP contribution in [0.25, 0.3) is 0 Å². The summed E-state index contributed by atoms with van der Waals surface area (Å²) in [4.78, 5) is 11.8. The molecule has 1 aliphatic heterocycles. The van der Waals surface area contributed by atoms with Crippen molar-refractivity contribution in [2.24, 2.45) is 11.1 Å². The number of rotatable bonds is 7. The fraction of sp³-hybridized carbons (Fsp3) is 0.409. The molecule has 0 bridgehead atoms. The van der Waals surface area contributed by atoms with Gasteiger partial charge in [-0.3, -0.25) is 4.79 Å². The third-order valence-electron chi connectivity index (χ3n) is 5.76. The van der Waals surface area contributed by atoms with Gasteiger partial charge in [0.2, 0.25) is 15.9 Å². The maximum atomic E-state index is 13.4. The molecule has 0 saturated carbocycles. The van der Waals surface area contributed by atoms with E-state index < -0.39 is 27.2 Å². The fourth-order valence-electron chi connectivity index (χ4n) is 3.93. The molecular formula is C22H26ClFN2O4S. The number of aryl methyl sites for hydroxylation is 2. The van der Waals surface area contributed by atoms with Gasteiger partial charge in [-0.1, -0.05) is 11.6 Å². The zero-order valence-electron chi connectivity index (χ0n) is 17.5. The SMILES string of the molecule is Cc1cc(OCC2(CC(N)=O)CCN(S(=O)(=O)c3ccc(F)cc3C)CC2)ccc1Cl. The number of ether oxygens (including phenoxy) is 1. The molecule has 1 fully saturated rings. The Hall–Kier alpha value is -2.16. The highest BCUT2D eigenvalue weighted by Crippen LogP contribution is 2.38. The van der Waals surface area contributed by atoms with Gasteiger partial charge in [0.1, 0.15) is 11.6 Å². The Kier molecular flexibility index (Phi) is 6.93. The zero-order valence-corrected chi connectivity index (χ0v) is 19.1. The minimum Gasteiger partial charge on any atom is -0.493 e. The number of amides is 1. The molecule has 0 aromatic heterocycles. The minimum absolute atomic E-state index is 0.0872. The van der Waals surface area contributed by atoms with Gasteiger partial charge in [0, 0.05) is 29.9 Å². The van der Waals surface area contributed by atoms with Crippen LogP contribution in [0.3, 0.4) is 0 Å². The van der Waals surface area contributed by atoms with Crippen LogP contribution in [0.4, 0.5) is 4.39 Å². The second-order valence-electron chi connectivity index (χ2n) is 8.16. The Bertz CT molecular complexity index is 1080. The summed E-state index contributed by atoms with van der Waals surface area (Å²) in [6.07, 6.45) is 0.938. The Morgan fingerprint density at radius 3 is 2.42 bits per heavy atom. The van der Waals surface area contributed by atoms with E-state index in [4.69, 9.17) is 22.1 Å². The summed E-state index contributed by atoms with van der Waals surface area (Å²) in [5, 5.41) is 0.633. The van der Waals surface area contributed by atoms with Gasteiger partial charge < -0.3 is 10.5 Å². The summed E-state index contributed by atoms with van der Waals surface area (Å²) >= 11 is 6.05. The van der Waals surface area contributed by atoms with E-state index in [1.807, 2.05) is 13.0 Å². The first-order valence-electron chi connectivity index (χ1n) is 9.96. The third-order valence-corrected chi connectivity index (χ3v) is 8.24. The first-order valence-corrected chi connectivity index (χ1v) is 11.8. The number of hydrogen-bond donors (Lipinski definition) is 1. The molecule has 0 unspecified atom stereocenters. The summed E-state index contributed by atoms with van der Waals surface area (Å²) in [7, 11) is -3.77. The van der Waals surface area contributed by atoms with Crippen molar-refractivity contribution in [1.82, 2.24) is 4.31 Å². The number of hydrogen-bond acceptors (Lipinski definition) is 4. The average molecular weight is 469 g/mol. The lowest BCUT2D eigenvalue weighted by molar-refractivity contribution is -0.121. The van der Waals surface area contributed by atoms with Gasteiger partial charge in [-0.25, -0.2) is 12.8 Å². The van der Waals surface area contributed by atoms with E-state index >= 15 is 0 Å². The smallest absolute Gasteiger partial charge is 0.243 e. The summed E-state index contributed by atoms with van der Waals surface area (Å²) in [6.45, 7) is 4.11. The van der Waals surface area contributed by atoms with Gasteiger partial charge in [-0.05, 0) is 74.2 Å². The van der Waals surface area contributed by atoms with Gasteiger partial charge >= 0.3 is 0 Å². The molecule has 2 N–H and O–H groups in total. The number of halogens is 2. The van der Waals surface area contributed by atoms with Crippen molar-refractivity contribution in [1.29, 1.82) is 0 Å². The van der Waals surface area contributed by atoms with E-state index in [2.05, 4.69) is 0 Å². The van der Waals surface area contributed by atoms with Gasteiger partial charge in [-0.2, -0.15) is 4.31 Å². The molecule has 0 aliphatic carbocycles. The number of nitrogens with two attached hydrogens (primary N) is 1. The molecule has 1 amide bonds. The molecule has 31 heavy (non-hydrogen) atoms. The van der Waals surface area contributed by atoms with E-state index in [1.165, 1.54) is 16.4 Å². The predicted molar refractivity (Wildman–Crippen MR) is 117 cm³/mol. The van der Waals surface area contributed by atoms with Crippen LogP contribution >= 0.6 is 11.6 Å². The van der Waals surface area contributed by atoms with Crippen molar-refractivity contribution in [2.45, 2.75) is 38.0 Å². The van der Waals surface area contributed by atoms with Crippen molar-refractivity contribution in [3.05, 3.63) is 58.4 Å². The first kappa shape index (κ1) is 23.5. The second kappa shape index (κ2) is 9.14. The van der Waals surface area contributed by atoms with Crippen molar-refractivity contribution >= 4 is 27.5 Å². The monoisotopic (exact) mass is 468 g/mol. The molecule has 0 radical (unpaired) electrons. The molecular weight excluding hydrogens is 443 g/mol. The molecule has 0 spiro atoms. The minimum atomic E-state index is -3.77. The topological polar surface area (TPSA) is 89.7 Å². The molecule has 168 valence electrons. The van der Waals surface area contributed by atoms with Gasteiger partial charge in [0.05, 0.1) is 11.5 Å². The van der Waals surface area contributed by atoms with E-state index in [9.17, 15) is 17.6 Å². The van der Waals surface area contributed by atoms with Gasteiger partial charge in [0.25, 0.3) is 0 Å². The second-order valence-corrected chi connectivity index (χ2v) is 10.5. The van der Waals surface area contributed by atoms with E-state index in [1.54, 1.807) is 19.1 Å². The Balaban J connectivity index is 1.75. The summed E-state index contributed by atoms with van der Waals surface area (Å²) in [6, 6.07) is 8.95. The molecule has 6 nitrogen and oxygen atoms in total. The van der Waals surface area contributed by atoms with Crippen LogP contribution < -0.4 is 10.5 Å². The highest BCUT2D eigenvalue weighted by molar-refractivity contribution is 7.89. The standard InChI is InChI=1S/C22H26ClFN2O4S/c1-15-12-18(4-5-19(15)23)30-14-22(13-21(25)27)7-9-26(10-8-22)31(28,29)20-6-3-17(24)11-16(20)2/h3-6,11-12H,7-10,13-14H2,1-2H3,(H2,25,27). The summed E-state index contributed by atoms with van der Waals surface area (Å²) < 4.78 is 46.9. The van der Waals surface area contributed by atoms with Crippen molar-refractivity contribution in [3.63, 3.8) is 0 Å². The molecule has 2 aromatic rings. The molecule has 2 aromatic carbocycles. The quantitative estimate of drug-likeness (QED) is 0.668. The number of nitrogens with zero attached hydrogens (tertiary/aromatic N) is 1. The number of carbonyl (C=O) groups is 1. The van der Waals surface area contributed by atoms with E-state index in [-0.39, 0.29) is 31.0 Å². The zero-order chi connectivity index (χ0) is 22.8. The maximum absolute atomic E-state index is 13.4. The van der Waals surface area contributed by atoms with Crippen molar-refractivity contribution in [2.75, 3.05) is 19.7 Å². The molecule has 1 heterocycles. The van der Waals surface area contributed by atoms with Crippen LogP contribution in [0, 0.1) is 25.1 Å². The van der Waals surface area contributed by atoms with Gasteiger partial charge in [-0.15, -0.1) is 0 Å². The number of primary amides is 1. The molecule has 9 heteroatoms. The van der Waals surface area contributed by atoms with Crippen LogP contribution in [0.15, 0.2) is 41.3 Å². The predicted octanol–water partition coefficient (Wildman–Crippen LogP) is 3.82. The van der Waals surface area contributed by atoms with Crippen LogP contribution in [0.1, 0.15) is 30.4 Å². The lowest BCUT2D eigenvalue weighted by atomic mass is 9.76. The lowest BCUT2D eigenvalue weighted by Gasteiger charge is -2.40. The Morgan fingerprint density at radius 2 is 1.84 bits per heavy atom. The Morgan fingerprint density at radius 1 is 1.16 bits per heavy atom. The molecule has 3 rings (SSSR count). The number of benzene rings is 2. The van der Waals surface area contributed by atoms with Crippen molar-refractivity contribution in [3.8, 4) is 5.75 Å². The molecule has 0 atom stereocenters. The summed E-state index contributed by atoms with van der Waals surface area (Å²) in [5.74, 6) is -0.311. The lowest BCUT2D eigenvalue weighted by Crippen LogP contribution is -2.47. The molecule has 1 aliphatic rings. The van der Waals surface area contributed by atoms with Crippen LogP contribution in [-0.2, 0) is 14.8 Å². The van der Waals surface area contributed by atoms with Crippen LogP contribution in [-0.4, -0.2) is 38.3 Å². The van der Waals surface area contributed by atoms with E-state index in [0.717, 1.165) is 11.6 Å². The van der Waals surface area contributed by atoms with Crippen LogP contribution in [0.2, 0.25) is 5.02 Å². The Labute approximate surface area is 187 Å². The van der Waals surface area contributed by atoms with Crippen LogP contribution in [0.5, 0.6) is 5.75 Å². The maximum Gasteiger partial charge on any atom is 0.243 e. The van der Waals surface area contributed by atoms with Crippen molar-refractivity contribution < 1.29 is 22.3 Å². The number of piperidine rings is 1. The van der Waals surface area contributed by atoms with Gasteiger partial charge in [0.15, 0.2) is 0 Å². The number of sulfonamides is 1.